The van der Waals surface area contributed by atoms with Gasteiger partial charge in [0.25, 0.3) is 0 Å². The van der Waals surface area contributed by atoms with Gasteiger partial charge in [0.1, 0.15) is 0 Å². The molecule has 2 heterocycles. The normalized spacial score (nSPS) is 15.4. The number of hydrogen-bond donors (Lipinski definition) is 0. The van der Waals surface area contributed by atoms with E-state index in [9.17, 15) is 0 Å². The van der Waals surface area contributed by atoms with E-state index in [1.54, 1.807) is 0 Å². The van der Waals surface area contributed by atoms with Crippen LogP contribution in [-0.2, 0) is 13.0 Å². The van der Waals surface area contributed by atoms with Crippen molar-refractivity contribution in [1.29, 1.82) is 0 Å². The second kappa shape index (κ2) is 3.07. The van der Waals surface area contributed by atoms with Crippen LogP contribution in [0.4, 0.5) is 0 Å². The Labute approximate surface area is 83.0 Å². The first kappa shape index (κ1) is 7.94. The fraction of sp³-hybridized carbons (Fsp3) is 0.250. The predicted octanol–water partition coefficient (Wildman–Crippen LogP) is 1.90. The summed E-state index contributed by atoms with van der Waals surface area (Å²) in [6.07, 6.45) is 1.05. The number of nitrogens with zero attached hydrogens (tertiary/aromatic N) is 2. The number of hydrogen-bond acceptors (Lipinski definition) is 1. The molecule has 0 unspecified atom stereocenters. The van der Waals surface area contributed by atoms with Crippen LogP contribution in [0.3, 0.4) is 0 Å². The van der Waals surface area contributed by atoms with Gasteiger partial charge in [0.15, 0.2) is 0 Å². The highest BCUT2D eigenvalue weighted by molar-refractivity contribution is 5.79. The average molecular weight is 183 g/mol. The van der Waals surface area contributed by atoms with Crippen LogP contribution >= 0.6 is 0 Å². The van der Waals surface area contributed by atoms with Crippen molar-refractivity contribution in [3.63, 3.8) is 0 Å². The van der Waals surface area contributed by atoms with E-state index in [0.717, 1.165) is 30.7 Å². The van der Waals surface area contributed by atoms with Gasteiger partial charge < -0.3 is 0 Å². The Bertz CT molecular complexity index is 432. The molecule has 0 amide bonds. The van der Waals surface area contributed by atoms with E-state index >= 15 is 0 Å². The molecule has 1 aromatic carbocycles. The highest BCUT2D eigenvalue weighted by Crippen LogP contribution is 2.19. The van der Waals surface area contributed by atoms with Crippen molar-refractivity contribution in [2.75, 3.05) is 6.54 Å². The molecule has 0 bridgehead atoms. The van der Waals surface area contributed by atoms with E-state index < -0.39 is 0 Å². The Kier molecular flexibility index (Phi) is 1.74. The third-order valence-electron chi connectivity index (χ3n) is 2.69. The second-order valence-electron chi connectivity index (χ2n) is 3.64. The van der Waals surface area contributed by atoms with Crippen LogP contribution in [0.2, 0.25) is 0 Å². The van der Waals surface area contributed by atoms with Crippen LogP contribution in [-0.4, -0.2) is 11.5 Å². The van der Waals surface area contributed by atoms with E-state index in [4.69, 9.17) is 0 Å². The van der Waals surface area contributed by atoms with Gasteiger partial charge in [-0.1, -0.05) is 18.2 Å². The number of para-hydroxylation sites is 1. The summed E-state index contributed by atoms with van der Waals surface area (Å²) >= 11 is 0. The van der Waals surface area contributed by atoms with Gasteiger partial charge in [0.05, 0.1) is 17.8 Å². The summed E-state index contributed by atoms with van der Waals surface area (Å²) < 4.78 is 0. The fourth-order valence-electron chi connectivity index (χ4n) is 1.94. The molecule has 0 fully saturated rings. The second-order valence-corrected chi connectivity index (χ2v) is 3.64. The van der Waals surface area contributed by atoms with Gasteiger partial charge in [-0.05, 0) is 24.1 Å². The zero-order valence-electron chi connectivity index (χ0n) is 7.90. The Balaban J connectivity index is 2.27. The molecule has 1 aliphatic rings. The number of benzene rings is 1. The van der Waals surface area contributed by atoms with Crippen molar-refractivity contribution in [2.45, 2.75) is 13.0 Å². The molecule has 2 heteroatoms. The van der Waals surface area contributed by atoms with Gasteiger partial charge in [-0.15, -0.1) is 0 Å². The molecule has 14 heavy (non-hydrogen) atoms. The molecule has 0 spiro atoms. The molecule has 3 rings (SSSR count). The van der Waals surface area contributed by atoms with E-state index in [1.165, 1.54) is 10.9 Å². The Hall–Kier alpha value is -1.41. The molecular formula is C12H11N2. The summed E-state index contributed by atoms with van der Waals surface area (Å²) in [5.41, 5.74) is 3.62. The first-order chi connectivity index (χ1) is 6.93. The smallest absolute Gasteiger partial charge is 0.0706 e. The molecular weight excluding hydrogens is 172 g/mol. The van der Waals surface area contributed by atoms with Crippen molar-refractivity contribution >= 4 is 10.9 Å². The lowest BCUT2D eigenvalue weighted by Crippen LogP contribution is -2.18. The van der Waals surface area contributed by atoms with Crippen molar-refractivity contribution in [3.8, 4) is 0 Å². The SMILES string of the molecule is c1ccc2nc3c(cc2c1)CC[N]C3. The van der Waals surface area contributed by atoms with Gasteiger partial charge in [-0.25, -0.2) is 5.32 Å². The summed E-state index contributed by atoms with van der Waals surface area (Å²) in [6, 6.07) is 10.5. The molecule has 2 nitrogen and oxygen atoms in total. The number of aromatic nitrogens is 1. The maximum atomic E-state index is 4.62. The van der Waals surface area contributed by atoms with E-state index in [-0.39, 0.29) is 0 Å². The molecule has 0 saturated heterocycles. The van der Waals surface area contributed by atoms with Gasteiger partial charge >= 0.3 is 0 Å². The maximum Gasteiger partial charge on any atom is 0.0706 e. The van der Waals surface area contributed by atoms with E-state index in [0.29, 0.717) is 0 Å². The number of rotatable bonds is 0. The third kappa shape index (κ3) is 1.19. The minimum Gasteiger partial charge on any atom is -0.251 e. The Morgan fingerprint density at radius 2 is 2.07 bits per heavy atom. The summed E-state index contributed by atoms with van der Waals surface area (Å²) in [6.45, 7) is 1.74. The van der Waals surface area contributed by atoms with Crippen LogP contribution in [0.5, 0.6) is 0 Å². The summed E-state index contributed by atoms with van der Waals surface area (Å²) in [4.78, 5) is 4.62. The zero-order valence-corrected chi connectivity index (χ0v) is 7.90. The molecule has 0 atom stereocenters. The molecule has 1 radical (unpaired) electrons. The number of fused-ring (bicyclic) bond motifs is 2. The Morgan fingerprint density at radius 3 is 3.07 bits per heavy atom. The zero-order chi connectivity index (χ0) is 9.38. The molecule has 2 aromatic rings. The van der Waals surface area contributed by atoms with Gasteiger partial charge in [0.2, 0.25) is 0 Å². The summed E-state index contributed by atoms with van der Waals surface area (Å²) in [7, 11) is 0. The van der Waals surface area contributed by atoms with Crippen molar-refractivity contribution in [1.82, 2.24) is 10.3 Å². The van der Waals surface area contributed by atoms with Crippen LogP contribution in [0.25, 0.3) is 10.9 Å². The first-order valence-electron chi connectivity index (χ1n) is 4.94. The van der Waals surface area contributed by atoms with Crippen LogP contribution < -0.4 is 5.32 Å². The lowest BCUT2D eigenvalue weighted by Gasteiger charge is -2.15. The predicted molar refractivity (Wildman–Crippen MR) is 56.2 cm³/mol. The van der Waals surface area contributed by atoms with Gasteiger partial charge in [0, 0.05) is 11.9 Å². The lowest BCUT2D eigenvalue weighted by atomic mass is 10.0. The molecule has 69 valence electrons. The minimum atomic E-state index is 0.792. The highest BCUT2D eigenvalue weighted by atomic mass is 14.9. The van der Waals surface area contributed by atoms with Crippen LogP contribution in [0, 0.1) is 0 Å². The topological polar surface area (TPSA) is 27.0 Å². The molecule has 0 N–H and O–H groups in total. The first-order valence-corrected chi connectivity index (χ1v) is 4.94. The average Bonchev–Trinajstić information content (AvgIpc) is 2.26. The minimum absolute atomic E-state index is 0.792. The molecule has 1 aliphatic heterocycles. The van der Waals surface area contributed by atoms with Gasteiger partial charge in [-0.2, -0.15) is 0 Å². The summed E-state index contributed by atoms with van der Waals surface area (Å²) in [5, 5.41) is 5.61. The molecule has 0 aliphatic carbocycles. The van der Waals surface area contributed by atoms with Crippen LogP contribution in [0.15, 0.2) is 30.3 Å². The van der Waals surface area contributed by atoms with Crippen molar-refractivity contribution in [2.24, 2.45) is 0 Å². The number of pyridine rings is 1. The maximum absolute atomic E-state index is 4.62. The van der Waals surface area contributed by atoms with E-state index in [1.807, 2.05) is 6.07 Å². The fourth-order valence-corrected chi connectivity index (χ4v) is 1.94. The third-order valence-corrected chi connectivity index (χ3v) is 2.69. The summed E-state index contributed by atoms with van der Waals surface area (Å²) in [5.74, 6) is 0. The molecule has 1 aromatic heterocycles. The van der Waals surface area contributed by atoms with Gasteiger partial charge in [-0.3, -0.25) is 4.98 Å². The highest BCUT2D eigenvalue weighted by Gasteiger charge is 2.11. The quantitative estimate of drug-likeness (QED) is 0.612. The van der Waals surface area contributed by atoms with Crippen molar-refractivity contribution in [3.05, 3.63) is 41.6 Å². The molecule has 0 saturated carbocycles. The Morgan fingerprint density at radius 1 is 1.14 bits per heavy atom. The lowest BCUT2D eigenvalue weighted by molar-refractivity contribution is 0.617. The monoisotopic (exact) mass is 183 g/mol. The van der Waals surface area contributed by atoms with Crippen molar-refractivity contribution < 1.29 is 0 Å². The van der Waals surface area contributed by atoms with Crippen LogP contribution in [0.1, 0.15) is 11.3 Å². The standard InChI is InChI=1S/C12H11N2/c1-2-4-11-9(3-1)7-10-5-6-13-8-12(10)14-11/h1-4,7H,5-6,8H2. The largest absolute Gasteiger partial charge is 0.251 e. The van der Waals surface area contributed by atoms with E-state index in [2.05, 4.69) is 34.6 Å².